The first kappa shape index (κ1) is 16.0. The van der Waals surface area contributed by atoms with Crippen molar-refractivity contribution in [3.05, 3.63) is 60.9 Å². The minimum absolute atomic E-state index is 0.254. The fourth-order valence-corrected chi connectivity index (χ4v) is 2.24. The Kier molecular flexibility index (Phi) is 4.45. The highest BCUT2D eigenvalue weighted by Gasteiger charge is 2.29. The SMILES string of the molecule is FC(F)(F)Cn1nccc1CNc1ccc(-c2cncnc2)cc1. The number of hydrogen-bond acceptors (Lipinski definition) is 4. The lowest BCUT2D eigenvalue weighted by Crippen LogP contribution is -2.21. The molecule has 1 N–H and O–H groups in total. The van der Waals surface area contributed by atoms with Gasteiger partial charge in [-0.25, -0.2) is 9.97 Å². The molecule has 0 atom stereocenters. The second kappa shape index (κ2) is 6.69. The summed E-state index contributed by atoms with van der Waals surface area (Å²) < 4.78 is 38.4. The number of anilines is 1. The van der Waals surface area contributed by atoms with Crippen molar-refractivity contribution in [2.75, 3.05) is 5.32 Å². The number of halogens is 3. The van der Waals surface area contributed by atoms with Crippen LogP contribution in [0.2, 0.25) is 0 Å². The van der Waals surface area contributed by atoms with Crippen LogP contribution in [0, 0.1) is 0 Å². The van der Waals surface area contributed by atoms with Crippen LogP contribution in [0.5, 0.6) is 0 Å². The number of nitrogens with zero attached hydrogens (tertiary/aromatic N) is 4. The molecule has 0 radical (unpaired) electrons. The van der Waals surface area contributed by atoms with Crippen LogP contribution in [0.4, 0.5) is 18.9 Å². The van der Waals surface area contributed by atoms with Gasteiger partial charge in [-0.15, -0.1) is 0 Å². The van der Waals surface area contributed by atoms with Crippen molar-refractivity contribution >= 4 is 5.69 Å². The molecule has 124 valence electrons. The first-order valence-corrected chi connectivity index (χ1v) is 7.18. The zero-order chi connectivity index (χ0) is 17.0. The summed E-state index contributed by atoms with van der Waals surface area (Å²) in [5, 5.41) is 6.80. The van der Waals surface area contributed by atoms with E-state index in [4.69, 9.17) is 0 Å². The van der Waals surface area contributed by atoms with Crippen LogP contribution in [0.25, 0.3) is 11.1 Å². The number of benzene rings is 1. The van der Waals surface area contributed by atoms with Crippen LogP contribution < -0.4 is 5.32 Å². The molecule has 0 saturated carbocycles. The van der Waals surface area contributed by atoms with E-state index in [-0.39, 0.29) is 6.54 Å². The van der Waals surface area contributed by atoms with E-state index in [1.165, 1.54) is 12.5 Å². The van der Waals surface area contributed by atoms with Gasteiger partial charge in [-0.2, -0.15) is 18.3 Å². The molecule has 0 fully saturated rings. The molecule has 2 aromatic heterocycles. The highest BCUT2D eigenvalue weighted by molar-refractivity contribution is 5.64. The van der Waals surface area contributed by atoms with E-state index < -0.39 is 12.7 Å². The molecule has 0 unspecified atom stereocenters. The molecule has 5 nitrogen and oxygen atoms in total. The number of hydrogen-bond donors (Lipinski definition) is 1. The van der Waals surface area contributed by atoms with E-state index in [1.54, 1.807) is 18.5 Å². The van der Waals surface area contributed by atoms with Crippen LogP contribution >= 0.6 is 0 Å². The fraction of sp³-hybridized carbons (Fsp3) is 0.188. The van der Waals surface area contributed by atoms with Gasteiger partial charge in [0, 0.05) is 29.8 Å². The largest absolute Gasteiger partial charge is 0.408 e. The molecule has 0 spiro atoms. The molecule has 0 amide bonds. The van der Waals surface area contributed by atoms with E-state index in [0.717, 1.165) is 21.5 Å². The fourth-order valence-electron chi connectivity index (χ4n) is 2.24. The van der Waals surface area contributed by atoms with Crippen molar-refractivity contribution < 1.29 is 13.2 Å². The molecule has 3 aromatic rings. The Hall–Kier alpha value is -2.90. The summed E-state index contributed by atoms with van der Waals surface area (Å²) in [6.07, 6.45) is 1.96. The highest BCUT2D eigenvalue weighted by Crippen LogP contribution is 2.21. The summed E-state index contributed by atoms with van der Waals surface area (Å²) in [6, 6.07) is 9.07. The Bertz CT molecular complexity index is 781. The molecular formula is C16H14F3N5. The van der Waals surface area contributed by atoms with Crippen LogP contribution in [0.1, 0.15) is 5.69 Å². The Labute approximate surface area is 136 Å². The van der Waals surface area contributed by atoms with Crippen LogP contribution in [0.3, 0.4) is 0 Å². The monoisotopic (exact) mass is 333 g/mol. The van der Waals surface area contributed by atoms with E-state index in [9.17, 15) is 13.2 Å². The van der Waals surface area contributed by atoms with Gasteiger partial charge in [-0.05, 0) is 23.8 Å². The predicted octanol–water partition coefficient (Wildman–Crippen LogP) is 3.51. The highest BCUT2D eigenvalue weighted by atomic mass is 19.4. The first-order chi connectivity index (χ1) is 11.5. The number of nitrogens with one attached hydrogen (secondary N) is 1. The average Bonchev–Trinajstić information content (AvgIpc) is 2.99. The van der Waals surface area contributed by atoms with Gasteiger partial charge >= 0.3 is 6.18 Å². The van der Waals surface area contributed by atoms with Crippen LogP contribution in [-0.4, -0.2) is 25.9 Å². The lowest BCUT2D eigenvalue weighted by Gasteiger charge is -2.12. The smallest absolute Gasteiger partial charge is 0.379 e. The van der Waals surface area contributed by atoms with Crippen LogP contribution in [-0.2, 0) is 13.1 Å². The molecule has 8 heteroatoms. The maximum Gasteiger partial charge on any atom is 0.408 e. The second-order valence-electron chi connectivity index (χ2n) is 5.15. The summed E-state index contributed by atoms with van der Waals surface area (Å²) in [5.74, 6) is 0. The Morgan fingerprint density at radius 1 is 0.958 bits per heavy atom. The van der Waals surface area contributed by atoms with E-state index in [0.29, 0.717) is 5.69 Å². The van der Waals surface area contributed by atoms with Crippen molar-refractivity contribution in [3.8, 4) is 11.1 Å². The van der Waals surface area contributed by atoms with E-state index in [2.05, 4.69) is 20.4 Å². The molecule has 3 rings (SSSR count). The Morgan fingerprint density at radius 2 is 1.67 bits per heavy atom. The lowest BCUT2D eigenvalue weighted by atomic mass is 10.1. The van der Waals surface area contributed by atoms with Gasteiger partial charge in [-0.1, -0.05) is 12.1 Å². The zero-order valence-corrected chi connectivity index (χ0v) is 12.5. The van der Waals surface area contributed by atoms with Crippen molar-refractivity contribution in [2.24, 2.45) is 0 Å². The summed E-state index contributed by atoms with van der Waals surface area (Å²) >= 11 is 0. The summed E-state index contributed by atoms with van der Waals surface area (Å²) in [6.45, 7) is -0.839. The van der Waals surface area contributed by atoms with Gasteiger partial charge in [0.15, 0.2) is 0 Å². The zero-order valence-electron chi connectivity index (χ0n) is 12.5. The van der Waals surface area contributed by atoms with Crippen molar-refractivity contribution in [3.63, 3.8) is 0 Å². The third-order valence-corrected chi connectivity index (χ3v) is 3.39. The predicted molar refractivity (Wildman–Crippen MR) is 83.1 cm³/mol. The molecule has 1 aromatic carbocycles. The van der Waals surface area contributed by atoms with Gasteiger partial charge < -0.3 is 5.32 Å². The molecule has 0 aliphatic heterocycles. The minimum atomic E-state index is -4.29. The number of aromatic nitrogens is 4. The lowest BCUT2D eigenvalue weighted by molar-refractivity contribution is -0.143. The summed E-state index contributed by atoms with van der Waals surface area (Å²) in [4.78, 5) is 7.93. The second-order valence-corrected chi connectivity index (χ2v) is 5.15. The molecular weight excluding hydrogens is 319 g/mol. The average molecular weight is 333 g/mol. The number of rotatable bonds is 5. The number of alkyl halides is 3. The standard InChI is InChI=1S/C16H14F3N5/c17-16(18,19)10-24-15(5-6-23-24)9-22-14-3-1-12(2-4-14)13-7-20-11-21-8-13/h1-8,11,22H,9-10H2. The Morgan fingerprint density at radius 3 is 2.33 bits per heavy atom. The minimum Gasteiger partial charge on any atom is -0.379 e. The first-order valence-electron chi connectivity index (χ1n) is 7.18. The molecule has 0 aliphatic rings. The van der Waals surface area contributed by atoms with Crippen molar-refractivity contribution in [1.82, 2.24) is 19.7 Å². The van der Waals surface area contributed by atoms with E-state index in [1.807, 2.05) is 24.3 Å². The normalized spacial score (nSPS) is 11.5. The maximum atomic E-state index is 12.5. The van der Waals surface area contributed by atoms with Crippen LogP contribution in [0.15, 0.2) is 55.2 Å². The van der Waals surface area contributed by atoms with Gasteiger partial charge in [0.05, 0.1) is 12.2 Å². The van der Waals surface area contributed by atoms with E-state index >= 15 is 0 Å². The van der Waals surface area contributed by atoms with Gasteiger partial charge in [-0.3, -0.25) is 4.68 Å². The van der Waals surface area contributed by atoms with Gasteiger partial charge in [0.1, 0.15) is 12.9 Å². The molecule has 0 bridgehead atoms. The van der Waals surface area contributed by atoms with Crippen molar-refractivity contribution in [2.45, 2.75) is 19.3 Å². The molecule has 2 heterocycles. The van der Waals surface area contributed by atoms with Gasteiger partial charge in [0.2, 0.25) is 0 Å². The topological polar surface area (TPSA) is 55.6 Å². The summed E-state index contributed by atoms with van der Waals surface area (Å²) in [7, 11) is 0. The molecule has 0 saturated heterocycles. The van der Waals surface area contributed by atoms with Gasteiger partial charge in [0.25, 0.3) is 0 Å². The summed E-state index contributed by atoms with van der Waals surface area (Å²) in [5.41, 5.74) is 3.12. The third kappa shape index (κ3) is 4.09. The van der Waals surface area contributed by atoms with Crippen molar-refractivity contribution in [1.29, 1.82) is 0 Å². The molecule has 24 heavy (non-hydrogen) atoms. The maximum absolute atomic E-state index is 12.5. The molecule has 0 aliphatic carbocycles. The third-order valence-electron chi connectivity index (χ3n) is 3.39. The Balaban J connectivity index is 1.65. The quantitative estimate of drug-likeness (QED) is 0.776.